The summed E-state index contributed by atoms with van der Waals surface area (Å²) in [6.45, 7) is 0. The third-order valence-corrected chi connectivity index (χ3v) is 2.44. The van der Waals surface area contributed by atoms with Gasteiger partial charge in [0, 0.05) is 0 Å². The molecule has 4 N–H and O–H groups in total. The number of quaternary nitrogens is 1. The summed E-state index contributed by atoms with van der Waals surface area (Å²) in [7, 11) is -4.42. The standard InChI is InChI=1S/C6H5ClO3S.H3N/c7-5-3-1-2-4-6(5)11(8,9)10;/h1-4H,(H,8,9,10);1H3. The SMILES string of the molecule is O=S(=O)([O-])c1ccccc1Cl.[NH4+]. The van der Waals surface area contributed by atoms with Crippen LogP contribution in [0, 0.1) is 0 Å². The van der Waals surface area contributed by atoms with Crippen molar-refractivity contribution in [3.63, 3.8) is 0 Å². The van der Waals surface area contributed by atoms with Gasteiger partial charge in [0.1, 0.15) is 10.1 Å². The Morgan fingerprint density at radius 3 is 2.08 bits per heavy atom. The Hall–Kier alpha value is -0.620. The highest BCUT2D eigenvalue weighted by Crippen LogP contribution is 2.19. The van der Waals surface area contributed by atoms with Gasteiger partial charge < -0.3 is 10.7 Å². The molecule has 1 aromatic rings. The van der Waals surface area contributed by atoms with Crippen molar-refractivity contribution >= 4 is 21.7 Å². The zero-order chi connectivity index (χ0) is 8.48. The molecule has 6 heteroatoms. The van der Waals surface area contributed by atoms with Crippen LogP contribution in [0.15, 0.2) is 29.2 Å². The summed E-state index contributed by atoms with van der Waals surface area (Å²) in [5, 5.41) is -0.0394. The highest BCUT2D eigenvalue weighted by atomic mass is 35.5. The molecule has 0 spiro atoms. The zero-order valence-electron chi connectivity index (χ0n) is 6.32. The molecule has 0 fully saturated rings. The molecular weight excluding hydrogens is 202 g/mol. The van der Waals surface area contributed by atoms with Crippen LogP contribution in [-0.4, -0.2) is 13.0 Å². The molecule has 0 saturated carbocycles. The number of halogens is 1. The van der Waals surface area contributed by atoms with Crippen molar-refractivity contribution < 1.29 is 13.0 Å². The van der Waals surface area contributed by atoms with Gasteiger partial charge >= 0.3 is 0 Å². The first-order valence-electron chi connectivity index (χ1n) is 2.72. The van der Waals surface area contributed by atoms with Crippen molar-refractivity contribution in [2.45, 2.75) is 4.90 Å². The number of hydrogen-bond donors (Lipinski definition) is 1. The van der Waals surface area contributed by atoms with E-state index in [4.69, 9.17) is 11.6 Å². The van der Waals surface area contributed by atoms with Gasteiger partial charge in [-0.25, -0.2) is 8.42 Å². The van der Waals surface area contributed by atoms with E-state index in [-0.39, 0.29) is 16.1 Å². The minimum absolute atomic E-state index is 0. The van der Waals surface area contributed by atoms with Gasteiger partial charge in [0.05, 0.1) is 9.92 Å². The Morgan fingerprint density at radius 2 is 1.75 bits per heavy atom. The lowest BCUT2D eigenvalue weighted by molar-refractivity contribution is 0.463. The third kappa shape index (κ3) is 2.46. The van der Waals surface area contributed by atoms with E-state index in [2.05, 4.69) is 0 Å². The van der Waals surface area contributed by atoms with Gasteiger partial charge in [0.15, 0.2) is 0 Å². The van der Waals surface area contributed by atoms with Crippen LogP contribution in [0.2, 0.25) is 5.02 Å². The van der Waals surface area contributed by atoms with Gasteiger partial charge in [-0.2, -0.15) is 0 Å². The predicted octanol–water partition coefficient (Wildman–Crippen LogP) is 1.62. The number of benzene rings is 1. The number of rotatable bonds is 1. The molecule has 0 saturated heterocycles. The quantitative estimate of drug-likeness (QED) is 0.712. The first-order chi connectivity index (χ1) is 5.02. The Labute approximate surface area is 75.5 Å². The lowest BCUT2D eigenvalue weighted by Crippen LogP contribution is -1.98. The minimum atomic E-state index is -4.42. The van der Waals surface area contributed by atoms with Crippen molar-refractivity contribution in [1.82, 2.24) is 6.15 Å². The van der Waals surface area contributed by atoms with Gasteiger partial charge in [0.2, 0.25) is 0 Å². The van der Waals surface area contributed by atoms with E-state index in [0.717, 1.165) is 0 Å². The van der Waals surface area contributed by atoms with Crippen LogP contribution < -0.4 is 6.15 Å². The maximum absolute atomic E-state index is 10.4. The average Bonchev–Trinajstić information content (AvgIpc) is 1.86. The molecule has 0 aliphatic carbocycles. The van der Waals surface area contributed by atoms with E-state index < -0.39 is 10.1 Å². The second-order valence-electron chi connectivity index (χ2n) is 1.88. The molecule has 0 aromatic heterocycles. The lowest BCUT2D eigenvalue weighted by atomic mass is 10.4. The Kier molecular flexibility index (Phi) is 3.66. The fourth-order valence-electron chi connectivity index (χ4n) is 0.647. The van der Waals surface area contributed by atoms with Crippen molar-refractivity contribution in [2.75, 3.05) is 0 Å². The summed E-state index contributed by atoms with van der Waals surface area (Å²) in [4.78, 5) is -0.373. The molecule has 0 aliphatic rings. The van der Waals surface area contributed by atoms with Gasteiger partial charge in [0.25, 0.3) is 0 Å². The van der Waals surface area contributed by atoms with Gasteiger partial charge in [-0.1, -0.05) is 23.7 Å². The van der Waals surface area contributed by atoms with E-state index in [9.17, 15) is 13.0 Å². The molecule has 0 unspecified atom stereocenters. The van der Waals surface area contributed by atoms with Crippen molar-refractivity contribution in [1.29, 1.82) is 0 Å². The Bertz CT molecular complexity index is 363. The predicted molar refractivity (Wildman–Crippen MR) is 45.4 cm³/mol. The Morgan fingerprint density at radius 1 is 1.25 bits per heavy atom. The fourth-order valence-corrected chi connectivity index (χ4v) is 1.62. The molecular formula is C6H8ClNO3S. The van der Waals surface area contributed by atoms with Crippen molar-refractivity contribution in [3.05, 3.63) is 29.3 Å². The summed E-state index contributed by atoms with van der Waals surface area (Å²) < 4.78 is 31.2. The van der Waals surface area contributed by atoms with Crippen LogP contribution in [0.4, 0.5) is 0 Å². The van der Waals surface area contributed by atoms with Crippen LogP contribution in [-0.2, 0) is 10.1 Å². The van der Waals surface area contributed by atoms with Crippen LogP contribution in [0.25, 0.3) is 0 Å². The topological polar surface area (TPSA) is 93.7 Å². The summed E-state index contributed by atoms with van der Waals surface area (Å²) >= 11 is 5.43. The summed E-state index contributed by atoms with van der Waals surface area (Å²) in [5.74, 6) is 0. The average molecular weight is 210 g/mol. The molecule has 12 heavy (non-hydrogen) atoms. The molecule has 0 heterocycles. The van der Waals surface area contributed by atoms with Gasteiger partial charge in [-0.05, 0) is 12.1 Å². The zero-order valence-corrected chi connectivity index (χ0v) is 7.89. The molecule has 0 radical (unpaired) electrons. The summed E-state index contributed by atoms with van der Waals surface area (Å²) in [6, 6.07) is 5.52. The lowest BCUT2D eigenvalue weighted by Gasteiger charge is -2.07. The fraction of sp³-hybridized carbons (Fsp3) is 0. The van der Waals surface area contributed by atoms with E-state index in [0.29, 0.717) is 0 Å². The second kappa shape index (κ2) is 3.86. The monoisotopic (exact) mass is 209 g/mol. The first kappa shape index (κ1) is 11.4. The largest absolute Gasteiger partial charge is 0.744 e. The van der Waals surface area contributed by atoms with Crippen LogP contribution >= 0.6 is 11.6 Å². The normalized spacial score (nSPS) is 10.5. The van der Waals surface area contributed by atoms with Crippen molar-refractivity contribution in [2.24, 2.45) is 0 Å². The smallest absolute Gasteiger partial charge is 0.125 e. The molecule has 68 valence electrons. The Balaban J connectivity index is 0.00000121. The van der Waals surface area contributed by atoms with E-state index in [1.165, 1.54) is 18.2 Å². The minimum Gasteiger partial charge on any atom is -0.744 e. The first-order valence-corrected chi connectivity index (χ1v) is 4.51. The van der Waals surface area contributed by atoms with E-state index >= 15 is 0 Å². The van der Waals surface area contributed by atoms with Crippen molar-refractivity contribution in [3.8, 4) is 0 Å². The molecule has 0 aliphatic heterocycles. The van der Waals surface area contributed by atoms with Crippen LogP contribution in [0.5, 0.6) is 0 Å². The molecule has 0 atom stereocenters. The van der Waals surface area contributed by atoms with E-state index in [1.54, 1.807) is 6.07 Å². The third-order valence-electron chi connectivity index (χ3n) is 1.11. The second-order valence-corrected chi connectivity index (χ2v) is 3.64. The molecule has 0 bridgehead atoms. The highest BCUT2D eigenvalue weighted by Gasteiger charge is 2.04. The maximum atomic E-state index is 10.4. The van der Waals surface area contributed by atoms with E-state index in [1.807, 2.05) is 0 Å². The number of hydrogen-bond acceptors (Lipinski definition) is 3. The molecule has 1 aromatic carbocycles. The van der Waals surface area contributed by atoms with Gasteiger partial charge in [-0.15, -0.1) is 0 Å². The molecule has 1 rings (SSSR count). The molecule has 0 amide bonds. The molecule has 4 nitrogen and oxygen atoms in total. The van der Waals surface area contributed by atoms with Gasteiger partial charge in [-0.3, -0.25) is 0 Å². The highest BCUT2D eigenvalue weighted by molar-refractivity contribution is 7.85. The van der Waals surface area contributed by atoms with Crippen LogP contribution in [0.3, 0.4) is 0 Å². The summed E-state index contributed by atoms with van der Waals surface area (Å²) in [5.41, 5.74) is 0. The van der Waals surface area contributed by atoms with Crippen LogP contribution in [0.1, 0.15) is 0 Å². The summed E-state index contributed by atoms with van der Waals surface area (Å²) in [6.07, 6.45) is 0. The maximum Gasteiger partial charge on any atom is 0.125 e.